The highest BCUT2D eigenvalue weighted by atomic mass is 79.9. The van der Waals surface area contributed by atoms with Gasteiger partial charge in [0.25, 0.3) is 0 Å². The molecule has 0 amide bonds. The zero-order valence-corrected chi connectivity index (χ0v) is 15.4. The summed E-state index contributed by atoms with van der Waals surface area (Å²) in [4.78, 5) is 18.0. The first-order valence-electron chi connectivity index (χ1n) is 5.78. The molecule has 10 heteroatoms. The summed E-state index contributed by atoms with van der Waals surface area (Å²) >= 11 is 17.4. The zero-order valence-electron chi connectivity index (χ0n) is 10.6. The molecular weight excluding hydrogens is 429 g/mol. The fourth-order valence-electron chi connectivity index (χ4n) is 1.58. The molecule has 0 fully saturated rings. The molecule has 4 heterocycles. The van der Waals surface area contributed by atoms with E-state index in [-0.39, 0.29) is 0 Å². The molecule has 5 nitrogen and oxygen atoms in total. The summed E-state index contributed by atoms with van der Waals surface area (Å²) in [6, 6.07) is 7.09. The van der Waals surface area contributed by atoms with Gasteiger partial charge in [-0.2, -0.15) is 0 Å². The van der Waals surface area contributed by atoms with E-state index in [9.17, 15) is 0 Å². The molecular formula is C12H6BrCl2N5S2. The number of pyridine rings is 2. The van der Waals surface area contributed by atoms with E-state index in [2.05, 4.69) is 35.9 Å². The van der Waals surface area contributed by atoms with Gasteiger partial charge in [0.15, 0.2) is 9.05 Å². The molecule has 0 bridgehead atoms. The Balaban J connectivity index is 0.000000131. The Hall–Kier alpha value is -1.06. The molecule has 0 aliphatic heterocycles. The number of rotatable bonds is 0. The average molecular weight is 435 g/mol. The molecule has 0 radical (unpaired) electrons. The van der Waals surface area contributed by atoms with Crippen molar-refractivity contribution in [3.05, 3.63) is 38.5 Å². The van der Waals surface area contributed by atoms with Gasteiger partial charge in [0.1, 0.15) is 31.0 Å². The highest BCUT2D eigenvalue weighted by Crippen LogP contribution is 2.25. The van der Waals surface area contributed by atoms with Gasteiger partial charge in [-0.25, -0.2) is 19.9 Å². The minimum atomic E-state index is 0.473. The van der Waals surface area contributed by atoms with Crippen molar-refractivity contribution < 1.29 is 0 Å². The third-order valence-corrected chi connectivity index (χ3v) is 5.07. The minimum Gasteiger partial charge on any atom is -0.375 e. The van der Waals surface area contributed by atoms with Crippen molar-refractivity contribution in [3.8, 4) is 0 Å². The molecule has 0 unspecified atom stereocenters. The van der Waals surface area contributed by atoms with Gasteiger partial charge in [0, 0.05) is 0 Å². The third kappa shape index (κ3) is 3.64. The van der Waals surface area contributed by atoms with E-state index < -0.39 is 0 Å². The van der Waals surface area contributed by atoms with Gasteiger partial charge < -0.3 is 5.73 Å². The second-order valence-corrected chi connectivity index (χ2v) is 7.97. The van der Waals surface area contributed by atoms with Gasteiger partial charge in [-0.15, -0.1) is 0 Å². The maximum absolute atomic E-state index is 5.68. The van der Waals surface area contributed by atoms with Crippen LogP contribution in [0, 0.1) is 0 Å². The van der Waals surface area contributed by atoms with Crippen LogP contribution >= 0.6 is 61.8 Å². The number of nitrogens with two attached hydrogens (primary N) is 1. The van der Waals surface area contributed by atoms with Crippen LogP contribution in [0.1, 0.15) is 0 Å². The fourth-order valence-corrected chi connectivity index (χ4v) is 4.00. The van der Waals surface area contributed by atoms with Crippen molar-refractivity contribution in [3.63, 3.8) is 0 Å². The lowest BCUT2D eigenvalue weighted by molar-refractivity contribution is 1.39. The highest BCUT2D eigenvalue weighted by Gasteiger charge is 2.02. The lowest BCUT2D eigenvalue weighted by atomic mass is 10.5. The third-order valence-electron chi connectivity index (χ3n) is 2.43. The van der Waals surface area contributed by atoms with Gasteiger partial charge >= 0.3 is 0 Å². The van der Waals surface area contributed by atoms with Crippen molar-refractivity contribution in [1.29, 1.82) is 0 Å². The monoisotopic (exact) mass is 433 g/mol. The van der Waals surface area contributed by atoms with Crippen LogP contribution in [-0.2, 0) is 0 Å². The molecule has 0 saturated heterocycles. The Labute approximate surface area is 151 Å². The number of nitrogens with zero attached hydrogens (tertiary/aromatic N) is 4. The fraction of sp³-hybridized carbons (Fsp3) is 0. The second-order valence-electron chi connectivity index (χ2n) is 3.94. The van der Waals surface area contributed by atoms with E-state index >= 15 is 0 Å². The predicted octanol–water partition coefficient (Wildman–Crippen LogP) is 5.03. The first kappa shape index (κ1) is 15.8. The number of hydrogen-bond acceptors (Lipinski definition) is 7. The number of nitrogen functional groups attached to an aromatic ring is 1. The van der Waals surface area contributed by atoms with Crippen LogP contribution in [0.25, 0.3) is 20.7 Å². The lowest BCUT2D eigenvalue weighted by Gasteiger charge is -1.85. The maximum Gasteiger partial charge on any atom is 0.182 e. The highest BCUT2D eigenvalue weighted by molar-refractivity contribution is 9.11. The van der Waals surface area contributed by atoms with Crippen LogP contribution < -0.4 is 5.73 Å². The van der Waals surface area contributed by atoms with Gasteiger partial charge in [0.05, 0.1) is 0 Å². The van der Waals surface area contributed by atoms with Crippen molar-refractivity contribution in [2.75, 3.05) is 5.73 Å². The number of halogens is 3. The SMILES string of the molecule is Clc1ccc2nc(Br)sc2n1.Nc1nc2ccc(Cl)nc2s1. The molecule has 4 aromatic heterocycles. The van der Waals surface area contributed by atoms with Crippen LogP contribution in [0.3, 0.4) is 0 Å². The Kier molecular flexibility index (Phi) is 4.74. The summed E-state index contributed by atoms with van der Waals surface area (Å²) < 4.78 is 0.835. The van der Waals surface area contributed by atoms with Crippen molar-refractivity contribution in [2.24, 2.45) is 0 Å². The number of thiazole rings is 2. The predicted molar refractivity (Wildman–Crippen MR) is 97.0 cm³/mol. The summed E-state index contributed by atoms with van der Waals surface area (Å²) in [7, 11) is 0. The van der Waals surface area contributed by atoms with Crippen LogP contribution in [0.4, 0.5) is 5.13 Å². The summed E-state index contributed by atoms with van der Waals surface area (Å²) in [5, 5.41) is 1.50. The maximum atomic E-state index is 5.68. The Bertz CT molecular complexity index is 877. The van der Waals surface area contributed by atoms with Crippen LogP contribution in [0.5, 0.6) is 0 Å². The van der Waals surface area contributed by atoms with Gasteiger partial charge in [0.2, 0.25) is 0 Å². The van der Waals surface area contributed by atoms with E-state index in [1.54, 1.807) is 18.2 Å². The largest absolute Gasteiger partial charge is 0.375 e. The standard InChI is InChI=1S/C6H2BrClN2S.C6H4ClN3S/c7-6-9-3-1-2-4(8)10-5(3)11-6;7-4-2-1-3-5(10-4)11-6(8)9-3/h1-2H;1-2H,(H2,8,9). The Morgan fingerprint density at radius 3 is 2.00 bits per heavy atom. The molecule has 0 aromatic carbocycles. The quantitative estimate of drug-likeness (QED) is 0.392. The number of anilines is 1. The molecule has 4 aromatic rings. The number of fused-ring (bicyclic) bond motifs is 2. The molecule has 0 aliphatic carbocycles. The van der Waals surface area contributed by atoms with Crippen molar-refractivity contribution in [1.82, 2.24) is 19.9 Å². The molecule has 0 aliphatic rings. The zero-order chi connectivity index (χ0) is 15.7. The Morgan fingerprint density at radius 1 is 0.818 bits per heavy atom. The molecule has 22 heavy (non-hydrogen) atoms. The summed E-state index contributed by atoms with van der Waals surface area (Å²) in [5.41, 5.74) is 7.15. The van der Waals surface area contributed by atoms with E-state index in [1.807, 2.05) is 6.07 Å². The molecule has 0 atom stereocenters. The summed E-state index contributed by atoms with van der Waals surface area (Å²) in [5.74, 6) is 0. The average Bonchev–Trinajstić information content (AvgIpc) is 2.99. The summed E-state index contributed by atoms with van der Waals surface area (Å²) in [6.07, 6.45) is 0. The first-order chi connectivity index (χ1) is 10.5. The van der Waals surface area contributed by atoms with Crippen LogP contribution in [0.15, 0.2) is 28.2 Å². The van der Waals surface area contributed by atoms with Crippen LogP contribution in [0.2, 0.25) is 10.3 Å². The lowest BCUT2D eigenvalue weighted by Crippen LogP contribution is -1.79. The van der Waals surface area contributed by atoms with Crippen LogP contribution in [-0.4, -0.2) is 19.9 Å². The summed E-state index contributed by atoms with van der Waals surface area (Å²) in [6.45, 7) is 0. The van der Waals surface area contributed by atoms with Gasteiger partial charge in [-0.05, 0) is 40.2 Å². The van der Waals surface area contributed by atoms with Gasteiger partial charge in [-0.3, -0.25) is 0 Å². The first-order valence-corrected chi connectivity index (χ1v) is 8.96. The van der Waals surface area contributed by atoms with E-state index in [4.69, 9.17) is 28.9 Å². The smallest absolute Gasteiger partial charge is 0.182 e. The van der Waals surface area contributed by atoms with Crippen molar-refractivity contribution in [2.45, 2.75) is 0 Å². The van der Waals surface area contributed by atoms with Crippen molar-refractivity contribution >= 4 is 87.6 Å². The van der Waals surface area contributed by atoms with E-state index in [1.165, 1.54) is 22.7 Å². The normalized spacial score (nSPS) is 10.7. The molecule has 112 valence electrons. The molecule has 0 saturated carbocycles. The molecule has 2 N–H and O–H groups in total. The number of hydrogen-bond donors (Lipinski definition) is 1. The minimum absolute atomic E-state index is 0.473. The molecule has 0 spiro atoms. The van der Waals surface area contributed by atoms with Gasteiger partial charge in [-0.1, -0.05) is 45.9 Å². The molecule has 4 rings (SSSR count). The number of aromatic nitrogens is 4. The van der Waals surface area contributed by atoms with E-state index in [0.717, 1.165) is 24.6 Å². The Morgan fingerprint density at radius 2 is 1.36 bits per heavy atom. The second kappa shape index (κ2) is 6.59. The van der Waals surface area contributed by atoms with E-state index in [0.29, 0.717) is 15.4 Å². The topological polar surface area (TPSA) is 77.6 Å².